The van der Waals surface area contributed by atoms with Crippen molar-refractivity contribution >= 4 is 6.03 Å². The van der Waals surface area contributed by atoms with Crippen molar-refractivity contribution in [2.75, 3.05) is 13.7 Å². The number of carbonyl (C=O) groups excluding carboxylic acids is 1. The molecule has 26 heavy (non-hydrogen) atoms. The Morgan fingerprint density at radius 3 is 2.38 bits per heavy atom. The van der Waals surface area contributed by atoms with Crippen molar-refractivity contribution in [1.82, 2.24) is 5.06 Å². The van der Waals surface area contributed by atoms with Crippen LogP contribution in [0.2, 0.25) is 0 Å². The van der Waals surface area contributed by atoms with Crippen LogP contribution >= 0.6 is 0 Å². The van der Waals surface area contributed by atoms with E-state index in [1.807, 2.05) is 55.5 Å². The van der Waals surface area contributed by atoms with E-state index in [0.717, 1.165) is 23.5 Å². The summed E-state index contributed by atoms with van der Waals surface area (Å²) >= 11 is 0. The predicted octanol–water partition coefficient (Wildman–Crippen LogP) is 3.71. The number of ether oxygens (including phenoxy) is 2. The zero-order valence-electron chi connectivity index (χ0n) is 15.0. The van der Waals surface area contributed by atoms with Crippen molar-refractivity contribution in [3.8, 4) is 11.5 Å². The second kappa shape index (κ2) is 7.66. The number of primary amides is 1. The molecule has 6 heteroatoms. The van der Waals surface area contributed by atoms with Crippen LogP contribution in [0.25, 0.3) is 0 Å². The summed E-state index contributed by atoms with van der Waals surface area (Å²) in [5, 5.41) is 10.00. The van der Waals surface area contributed by atoms with Crippen LogP contribution in [0.4, 0.5) is 4.79 Å². The standard InChI is InChI=1S/C20H24N2O4/c1-13(14-3-7-17(25-2)8-4-14)26-18-9-5-15(6-10-18)19-11-16(19)12-22(24)20(21)23/h3-10,13,16,19,24H,11-12H2,1-2H3,(H2,21,23)/t13?,16-,19-/m0/s1. The van der Waals surface area contributed by atoms with Crippen molar-refractivity contribution in [3.05, 3.63) is 59.7 Å². The van der Waals surface area contributed by atoms with E-state index in [-0.39, 0.29) is 18.6 Å². The van der Waals surface area contributed by atoms with E-state index in [1.54, 1.807) is 7.11 Å². The first-order valence-electron chi connectivity index (χ1n) is 8.64. The van der Waals surface area contributed by atoms with E-state index in [2.05, 4.69) is 0 Å². The van der Waals surface area contributed by atoms with Crippen LogP contribution in [-0.2, 0) is 0 Å². The Balaban J connectivity index is 1.55. The Morgan fingerprint density at radius 1 is 1.19 bits per heavy atom. The molecule has 1 aliphatic rings. The van der Waals surface area contributed by atoms with Gasteiger partial charge in [-0.2, -0.15) is 0 Å². The highest BCUT2D eigenvalue weighted by Crippen LogP contribution is 2.48. The molecule has 0 bridgehead atoms. The molecule has 1 fully saturated rings. The molecule has 6 nitrogen and oxygen atoms in total. The fraction of sp³-hybridized carbons (Fsp3) is 0.350. The van der Waals surface area contributed by atoms with Crippen LogP contribution in [0.3, 0.4) is 0 Å². The molecule has 0 saturated heterocycles. The summed E-state index contributed by atoms with van der Waals surface area (Å²) in [5.74, 6) is 2.21. The lowest BCUT2D eigenvalue weighted by Crippen LogP contribution is -2.34. The highest BCUT2D eigenvalue weighted by atomic mass is 16.5. The minimum absolute atomic E-state index is 0.0704. The number of hydrogen-bond donors (Lipinski definition) is 2. The summed E-state index contributed by atoms with van der Waals surface area (Å²) in [4.78, 5) is 10.9. The summed E-state index contributed by atoms with van der Waals surface area (Å²) in [6.07, 6.45) is 0.867. The maximum atomic E-state index is 10.9. The van der Waals surface area contributed by atoms with Crippen LogP contribution in [0, 0.1) is 5.92 Å². The molecule has 0 heterocycles. The second-order valence-corrected chi connectivity index (χ2v) is 6.62. The zero-order chi connectivity index (χ0) is 18.7. The number of nitrogens with two attached hydrogens (primary N) is 1. The monoisotopic (exact) mass is 356 g/mol. The molecule has 3 N–H and O–H groups in total. The van der Waals surface area contributed by atoms with Gasteiger partial charge in [0.1, 0.15) is 17.6 Å². The number of rotatable bonds is 7. The van der Waals surface area contributed by atoms with Crippen molar-refractivity contribution in [3.63, 3.8) is 0 Å². The third-order valence-electron chi connectivity index (χ3n) is 4.79. The van der Waals surface area contributed by atoms with Gasteiger partial charge in [0, 0.05) is 0 Å². The van der Waals surface area contributed by atoms with Gasteiger partial charge in [0.2, 0.25) is 0 Å². The van der Waals surface area contributed by atoms with E-state index >= 15 is 0 Å². The van der Waals surface area contributed by atoms with E-state index in [4.69, 9.17) is 15.2 Å². The molecule has 0 spiro atoms. The second-order valence-electron chi connectivity index (χ2n) is 6.62. The quantitative estimate of drug-likeness (QED) is 0.585. The number of amides is 2. The maximum absolute atomic E-state index is 10.9. The van der Waals surface area contributed by atoms with Crippen LogP contribution in [0.15, 0.2) is 48.5 Å². The molecule has 0 radical (unpaired) electrons. The van der Waals surface area contributed by atoms with Gasteiger partial charge in [-0.25, -0.2) is 9.86 Å². The number of methoxy groups -OCH3 is 1. The Bertz CT molecular complexity index is 745. The van der Waals surface area contributed by atoms with Gasteiger partial charge in [-0.3, -0.25) is 5.21 Å². The highest BCUT2D eigenvalue weighted by molar-refractivity contribution is 5.70. The Hall–Kier alpha value is -2.73. The van der Waals surface area contributed by atoms with E-state index < -0.39 is 6.03 Å². The normalized spacial score (nSPS) is 19.5. The van der Waals surface area contributed by atoms with Crippen LogP contribution < -0.4 is 15.2 Å². The molecule has 138 valence electrons. The van der Waals surface area contributed by atoms with Gasteiger partial charge < -0.3 is 15.2 Å². The number of carbonyl (C=O) groups is 1. The number of urea groups is 1. The van der Waals surface area contributed by atoms with Gasteiger partial charge >= 0.3 is 6.03 Å². The van der Waals surface area contributed by atoms with Gasteiger partial charge in [-0.15, -0.1) is 0 Å². The lowest BCUT2D eigenvalue weighted by molar-refractivity contribution is -0.0431. The largest absolute Gasteiger partial charge is 0.497 e. The third kappa shape index (κ3) is 4.26. The average molecular weight is 356 g/mol. The first-order valence-corrected chi connectivity index (χ1v) is 8.64. The summed E-state index contributed by atoms with van der Waals surface area (Å²) in [7, 11) is 1.65. The fourth-order valence-corrected chi connectivity index (χ4v) is 3.11. The van der Waals surface area contributed by atoms with Gasteiger partial charge in [0.15, 0.2) is 0 Å². The molecular weight excluding hydrogens is 332 g/mol. The van der Waals surface area contributed by atoms with Crippen molar-refractivity contribution in [1.29, 1.82) is 0 Å². The molecule has 3 atom stereocenters. The smallest absolute Gasteiger partial charge is 0.338 e. The average Bonchev–Trinajstić information content (AvgIpc) is 3.41. The van der Waals surface area contributed by atoms with E-state index in [1.165, 1.54) is 5.56 Å². The van der Waals surface area contributed by atoms with Crippen molar-refractivity contribution in [2.24, 2.45) is 11.7 Å². The van der Waals surface area contributed by atoms with E-state index in [0.29, 0.717) is 11.0 Å². The molecular formula is C20H24N2O4. The van der Waals surface area contributed by atoms with Crippen LogP contribution in [0.5, 0.6) is 11.5 Å². The third-order valence-corrected chi connectivity index (χ3v) is 4.79. The zero-order valence-corrected chi connectivity index (χ0v) is 15.0. The molecule has 2 aromatic rings. The molecule has 3 rings (SSSR count). The lowest BCUT2D eigenvalue weighted by atomic mass is 10.1. The molecule has 0 aromatic heterocycles. The predicted molar refractivity (Wildman–Crippen MR) is 97.4 cm³/mol. The number of hydroxylamine groups is 2. The molecule has 1 saturated carbocycles. The molecule has 1 unspecified atom stereocenters. The van der Waals surface area contributed by atoms with E-state index in [9.17, 15) is 10.0 Å². The van der Waals surface area contributed by atoms with Crippen molar-refractivity contribution in [2.45, 2.75) is 25.4 Å². The number of hydrogen-bond acceptors (Lipinski definition) is 4. The first kappa shape index (κ1) is 18.1. The Labute approximate surface area is 153 Å². The summed E-state index contributed by atoms with van der Waals surface area (Å²) in [6, 6.07) is 15.0. The van der Waals surface area contributed by atoms with Crippen LogP contribution in [-0.4, -0.2) is 30.0 Å². The molecule has 0 aliphatic heterocycles. The maximum Gasteiger partial charge on any atom is 0.338 e. The topological polar surface area (TPSA) is 85.0 Å². The Morgan fingerprint density at radius 2 is 1.81 bits per heavy atom. The van der Waals surface area contributed by atoms with Crippen molar-refractivity contribution < 1.29 is 19.5 Å². The summed E-state index contributed by atoms with van der Waals surface area (Å²) in [6.45, 7) is 2.28. The van der Waals surface area contributed by atoms with Gasteiger partial charge in [0.25, 0.3) is 0 Å². The minimum Gasteiger partial charge on any atom is -0.497 e. The first-order chi connectivity index (χ1) is 12.5. The minimum atomic E-state index is -0.813. The molecule has 2 aromatic carbocycles. The molecule has 2 amide bonds. The number of benzene rings is 2. The highest BCUT2D eigenvalue weighted by Gasteiger charge is 2.39. The number of nitrogens with zero attached hydrogens (tertiary/aromatic N) is 1. The Kier molecular flexibility index (Phi) is 5.32. The lowest BCUT2D eigenvalue weighted by Gasteiger charge is -2.16. The van der Waals surface area contributed by atoms with Crippen LogP contribution in [0.1, 0.15) is 36.5 Å². The summed E-state index contributed by atoms with van der Waals surface area (Å²) < 4.78 is 11.2. The van der Waals surface area contributed by atoms with Gasteiger partial charge in [-0.05, 0) is 60.6 Å². The van der Waals surface area contributed by atoms with Gasteiger partial charge in [-0.1, -0.05) is 24.3 Å². The summed E-state index contributed by atoms with van der Waals surface area (Å²) in [5.41, 5.74) is 7.29. The molecule has 1 aliphatic carbocycles. The SMILES string of the molecule is COc1ccc(C(C)Oc2ccc([C@@H]3C[C@H]3CN(O)C(N)=O)cc2)cc1. The fourth-order valence-electron chi connectivity index (χ4n) is 3.11. The van der Waals surface area contributed by atoms with Gasteiger partial charge in [0.05, 0.1) is 13.7 Å².